The summed E-state index contributed by atoms with van der Waals surface area (Å²) in [4.78, 5) is 6.88. The van der Waals surface area contributed by atoms with E-state index in [1.807, 2.05) is 22.8 Å². The van der Waals surface area contributed by atoms with Gasteiger partial charge in [0.05, 0.1) is 18.3 Å². The largest absolute Gasteiger partial charge is 0.383 e. The lowest BCUT2D eigenvalue weighted by Gasteiger charge is -2.18. The summed E-state index contributed by atoms with van der Waals surface area (Å²) in [5.74, 6) is 0.588. The second-order valence-electron chi connectivity index (χ2n) is 6.52. The predicted octanol–water partition coefficient (Wildman–Crippen LogP) is 3.28. The van der Waals surface area contributed by atoms with Crippen LogP contribution in [0.3, 0.4) is 0 Å². The van der Waals surface area contributed by atoms with Crippen LogP contribution in [0.15, 0.2) is 41.1 Å². The molecule has 0 amide bonds. The quantitative estimate of drug-likeness (QED) is 0.692. The molecule has 6 nitrogen and oxygen atoms in total. The minimum absolute atomic E-state index is 0.588. The van der Waals surface area contributed by atoms with Gasteiger partial charge < -0.3 is 15.0 Å². The third-order valence-electron chi connectivity index (χ3n) is 4.82. The molecule has 0 saturated carbocycles. The van der Waals surface area contributed by atoms with Gasteiger partial charge in [-0.1, -0.05) is 6.07 Å². The molecule has 0 unspecified atom stereocenters. The van der Waals surface area contributed by atoms with Gasteiger partial charge in [0, 0.05) is 32.4 Å². The van der Waals surface area contributed by atoms with Crippen LogP contribution < -0.4 is 5.32 Å². The number of aromatic nitrogens is 3. The molecule has 2 aromatic heterocycles. The highest BCUT2D eigenvalue weighted by molar-refractivity contribution is 9.10. The zero-order chi connectivity index (χ0) is 17.9. The Hall–Kier alpha value is -1.96. The number of rotatable bonds is 5. The van der Waals surface area contributed by atoms with Gasteiger partial charge in [-0.25, -0.2) is 9.50 Å². The lowest BCUT2D eigenvalue weighted by atomic mass is 10.0. The highest BCUT2D eigenvalue weighted by atomic mass is 79.9. The first kappa shape index (κ1) is 17.5. The van der Waals surface area contributed by atoms with E-state index in [1.54, 1.807) is 7.11 Å². The summed E-state index contributed by atoms with van der Waals surface area (Å²) < 4.78 is 7.95. The van der Waals surface area contributed by atoms with Crippen LogP contribution in [-0.4, -0.2) is 52.8 Å². The topological polar surface area (TPSA) is 54.7 Å². The molecule has 1 aromatic carbocycles. The second-order valence-corrected chi connectivity index (χ2v) is 7.33. The van der Waals surface area contributed by atoms with Crippen LogP contribution in [0.2, 0.25) is 0 Å². The summed E-state index contributed by atoms with van der Waals surface area (Å²) in [6.07, 6.45) is 3.95. The van der Waals surface area contributed by atoms with Gasteiger partial charge in [0.1, 0.15) is 4.60 Å². The molecule has 0 fully saturated rings. The van der Waals surface area contributed by atoms with Crippen molar-refractivity contribution >= 4 is 33.1 Å². The Morgan fingerprint density at radius 3 is 2.85 bits per heavy atom. The van der Waals surface area contributed by atoms with Gasteiger partial charge in [0.25, 0.3) is 0 Å². The van der Waals surface area contributed by atoms with E-state index in [-0.39, 0.29) is 0 Å². The number of halogens is 1. The molecule has 3 aromatic rings. The number of anilines is 2. The lowest BCUT2D eigenvalue weighted by molar-refractivity contribution is 0.150. The van der Waals surface area contributed by atoms with E-state index in [9.17, 15) is 0 Å². The van der Waals surface area contributed by atoms with Gasteiger partial charge in [-0.3, -0.25) is 0 Å². The monoisotopic (exact) mass is 415 g/mol. The third kappa shape index (κ3) is 3.75. The molecule has 0 bridgehead atoms. The van der Waals surface area contributed by atoms with Crippen LogP contribution in [0.5, 0.6) is 0 Å². The fourth-order valence-corrected chi connectivity index (χ4v) is 3.77. The summed E-state index contributed by atoms with van der Waals surface area (Å²) in [5, 5.41) is 7.86. The summed E-state index contributed by atoms with van der Waals surface area (Å²) in [6.45, 7) is 3.94. The Morgan fingerprint density at radius 2 is 2.00 bits per heavy atom. The van der Waals surface area contributed by atoms with E-state index in [4.69, 9.17) is 4.74 Å². The maximum absolute atomic E-state index is 5.21. The Morgan fingerprint density at radius 1 is 1.15 bits per heavy atom. The number of hydrogen-bond donors (Lipinski definition) is 1. The standard InChI is InChI=1S/C19H22BrN5O/c1-26-11-10-24-8-6-14-2-3-16(12-15(14)7-9-24)22-19-21-13-17-4-5-18(20)25(17)23-19/h2-5,12-13H,6-11H2,1H3,(H,22,23). The molecule has 3 heterocycles. The van der Waals surface area contributed by atoms with Crippen molar-refractivity contribution in [3.05, 3.63) is 52.3 Å². The van der Waals surface area contributed by atoms with Crippen molar-refractivity contribution in [3.8, 4) is 0 Å². The minimum Gasteiger partial charge on any atom is -0.383 e. The Kier molecular flexibility index (Phi) is 5.19. The van der Waals surface area contributed by atoms with Gasteiger partial charge in [-0.05, 0) is 64.2 Å². The SMILES string of the molecule is COCCN1CCc2ccc(Nc3ncc4ccc(Br)n4n3)cc2CC1. The first-order valence-corrected chi connectivity index (χ1v) is 9.62. The van der Waals surface area contributed by atoms with Crippen molar-refractivity contribution in [2.75, 3.05) is 38.7 Å². The van der Waals surface area contributed by atoms with Gasteiger partial charge in [-0.2, -0.15) is 0 Å². The molecule has 0 atom stereocenters. The average Bonchev–Trinajstić information content (AvgIpc) is 2.90. The second kappa shape index (κ2) is 7.73. The van der Waals surface area contributed by atoms with Gasteiger partial charge in [-0.15, -0.1) is 5.10 Å². The molecule has 0 aliphatic carbocycles. The number of hydrogen-bond acceptors (Lipinski definition) is 5. The summed E-state index contributed by atoms with van der Waals surface area (Å²) >= 11 is 3.50. The fraction of sp³-hybridized carbons (Fsp3) is 0.368. The molecule has 0 radical (unpaired) electrons. The van der Waals surface area contributed by atoms with Gasteiger partial charge >= 0.3 is 0 Å². The number of nitrogens with one attached hydrogen (secondary N) is 1. The summed E-state index contributed by atoms with van der Waals surface area (Å²) in [6, 6.07) is 10.5. The van der Waals surface area contributed by atoms with Crippen molar-refractivity contribution in [3.63, 3.8) is 0 Å². The van der Waals surface area contributed by atoms with Crippen molar-refractivity contribution in [2.45, 2.75) is 12.8 Å². The molecule has 136 valence electrons. The zero-order valence-corrected chi connectivity index (χ0v) is 16.4. The number of methoxy groups -OCH3 is 1. The molecule has 1 aliphatic rings. The molecular weight excluding hydrogens is 394 g/mol. The number of fused-ring (bicyclic) bond motifs is 2. The number of benzene rings is 1. The van der Waals surface area contributed by atoms with Crippen LogP contribution in [0, 0.1) is 0 Å². The molecule has 7 heteroatoms. The predicted molar refractivity (Wildman–Crippen MR) is 106 cm³/mol. The Labute approximate surface area is 161 Å². The Bertz CT molecular complexity index is 910. The minimum atomic E-state index is 0.588. The molecule has 0 saturated heterocycles. The normalized spacial score (nSPS) is 15.0. The summed E-state index contributed by atoms with van der Waals surface area (Å²) in [5.41, 5.74) is 4.82. The van der Waals surface area contributed by atoms with Crippen LogP contribution in [0.25, 0.3) is 5.52 Å². The van der Waals surface area contributed by atoms with Crippen molar-refractivity contribution < 1.29 is 4.74 Å². The molecule has 0 spiro atoms. The lowest BCUT2D eigenvalue weighted by Crippen LogP contribution is -2.29. The van der Waals surface area contributed by atoms with E-state index < -0.39 is 0 Å². The van der Waals surface area contributed by atoms with Crippen molar-refractivity contribution in [1.29, 1.82) is 0 Å². The molecule has 26 heavy (non-hydrogen) atoms. The van der Waals surface area contributed by atoms with Crippen LogP contribution >= 0.6 is 15.9 Å². The van der Waals surface area contributed by atoms with E-state index in [2.05, 4.69) is 54.4 Å². The van der Waals surface area contributed by atoms with Crippen LogP contribution in [0.1, 0.15) is 11.1 Å². The van der Waals surface area contributed by atoms with Gasteiger partial charge in [0.15, 0.2) is 0 Å². The first-order chi connectivity index (χ1) is 12.7. The van der Waals surface area contributed by atoms with E-state index in [0.717, 1.165) is 54.9 Å². The highest BCUT2D eigenvalue weighted by Crippen LogP contribution is 2.23. The average molecular weight is 416 g/mol. The van der Waals surface area contributed by atoms with Crippen LogP contribution in [-0.2, 0) is 17.6 Å². The number of ether oxygens (including phenoxy) is 1. The highest BCUT2D eigenvalue weighted by Gasteiger charge is 2.14. The summed E-state index contributed by atoms with van der Waals surface area (Å²) in [7, 11) is 1.76. The van der Waals surface area contributed by atoms with E-state index >= 15 is 0 Å². The zero-order valence-electron chi connectivity index (χ0n) is 14.8. The van der Waals surface area contributed by atoms with Crippen molar-refractivity contribution in [1.82, 2.24) is 19.5 Å². The first-order valence-electron chi connectivity index (χ1n) is 8.83. The van der Waals surface area contributed by atoms with E-state index in [1.165, 1.54) is 11.1 Å². The van der Waals surface area contributed by atoms with E-state index in [0.29, 0.717) is 5.95 Å². The molecule has 1 aliphatic heterocycles. The molecular formula is C19H22BrN5O. The van der Waals surface area contributed by atoms with Crippen LogP contribution in [0.4, 0.5) is 11.6 Å². The molecule has 4 rings (SSSR count). The maximum Gasteiger partial charge on any atom is 0.245 e. The van der Waals surface area contributed by atoms with Gasteiger partial charge in [0.2, 0.25) is 5.95 Å². The Balaban J connectivity index is 1.50. The maximum atomic E-state index is 5.21. The number of nitrogens with zero attached hydrogens (tertiary/aromatic N) is 4. The smallest absolute Gasteiger partial charge is 0.245 e. The molecule has 1 N–H and O–H groups in total. The van der Waals surface area contributed by atoms with Crippen molar-refractivity contribution in [2.24, 2.45) is 0 Å². The fourth-order valence-electron chi connectivity index (χ4n) is 3.35. The third-order valence-corrected chi connectivity index (χ3v) is 5.42.